The van der Waals surface area contributed by atoms with Crippen molar-refractivity contribution in [2.45, 2.75) is 57.7 Å². The van der Waals surface area contributed by atoms with Gasteiger partial charge in [-0.3, -0.25) is 4.90 Å². The van der Waals surface area contributed by atoms with Crippen molar-refractivity contribution in [2.75, 3.05) is 26.2 Å². The van der Waals surface area contributed by atoms with Gasteiger partial charge in [0.15, 0.2) is 0 Å². The average molecular weight is 226 g/mol. The summed E-state index contributed by atoms with van der Waals surface area (Å²) < 4.78 is 5.63. The van der Waals surface area contributed by atoms with Gasteiger partial charge in [0.1, 0.15) is 0 Å². The lowest BCUT2D eigenvalue weighted by Crippen LogP contribution is -2.63. The summed E-state index contributed by atoms with van der Waals surface area (Å²) in [5.74, 6) is 0. The van der Waals surface area contributed by atoms with Gasteiger partial charge < -0.3 is 10.1 Å². The van der Waals surface area contributed by atoms with Crippen LogP contribution in [0.3, 0.4) is 0 Å². The van der Waals surface area contributed by atoms with Crippen LogP contribution in [-0.4, -0.2) is 48.8 Å². The Morgan fingerprint density at radius 3 is 2.75 bits per heavy atom. The minimum atomic E-state index is 0.328. The normalized spacial score (nSPS) is 40.7. The molecule has 94 valence electrons. The number of hydrogen-bond acceptors (Lipinski definition) is 3. The van der Waals surface area contributed by atoms with Crippen LogP contribution in [0.1, 0.15) is 40.0 Å². The standard InChI is InChI=1S/C13H26N2O/c1-4-13(3)10-15(7-6-14-13)11-8-12(9-11)16-5-2/h11-12,14H,4-10H2,1-3H3. The molecule has 3 heteroatoms. The summed E-state index contributed by atoms with van der Waals surface area (Å²) in [5.41, 5.74) is 0.328. The Balaban J connectivity index is 1.79. The van der Waals surface area contributed by atoms with Gasteiger partial charge in [-0.1, -0.05) is 6.92 Å². The molecule has 1 aliphatic heterocycles. The Morgan fingerprint density at radius 2 is 2.12 bits per heavy atom. The van der Waals surface area contributed by atoms with Gasteiger partial charge in [0.25, 0.3) is 0 Å². The molecule has 1 aliphatic carbocycles. The first kappa shape index (κ1) is 12.3. The molecule has 3 nitrogen and oxygen atoms in total. The summed E-state index contributed by atoms with van der Waals surface area (Å²) in [4.78, 5) is 2.66. The van der Waals surface area contributed by atoms with Gasteiger partial charge >= 0.3 is 0 Å². The van der Waals surface area contributed by atoms with Crippen LogP contribution < -0.4 is 5.32 Å². The second kappa shape index (κ2) is 5.03. The van der Waals surface area contributed by atoms with Crippen LogP contribution in [0.2, 0.25) is 0 Å². The largest absolute Gasteiger partial charge is 0.378 e. The molecule has 0 amide bonds. The molecule has 16 heavy (non-hydrogen) atoms. The second-order valence-corrected chi connectivity index (χ2v) is 5.51. The Hall–Kier alpha value is -0.120. The van der Waals surface area contributed by atoms with Gasteiger partial charge in [-0.05, 0) is 33.1 Å². The highest BCUT2D eigenvalue weighted by Gasteiger charge is 2.38. The van der Waals surface area contributed by atoms with Gasteiger partial charge in [0, 0.05) is 37.8 Å². The predicted octanol–water partition coefficient (Wildman–Crippen LogP) is 1.63. The van der Waals surface area contributed by atoms with Crippen LogP contribution in [0.25, 0.3) is 0 Å². The van der Waals surface area contributed by atoms with Crippen molar-refractivity contribution in [1.29, 1.82) is 0 Å². The molecule has 1 saturated carbocycles. The topological polar surface area (TPSA) is 24.5 Å². The molecular formula is C13H26N2O. The number of ether oxygens (including phenoxy) is 1. The van der Waals surface area contributed by atoms with E-state index in [0.717, 1.165) is 19.2 Å². The van der Waals surface area contributed by atoms with Crippen LogP contribution in [-0.2, 0) is 4.74 Å². The molecule has 1 unspecified atom stereocenters. The molecule has 1 N–H and O–H groups in total. The van der Waals surface area contributed by atoms with E-state index in [2.05, 4.69) is 31.0 Å². The number of nitrogens with zero attached hydrogens (tertiary/aromatic N) is 1. The fraction of sp³-hybridized carbons (Fsp3) is 1.00. The predicted molar refractivity (Wildman–Crippen MR) is 66.7 cm³/mol. The number of nitrogens with one attached hydrogen (secondary N) is 1. The number of piperazine rings is 1. The third-order valence-corrected chi connectivity index (χ3v) is 4.27. The number of hydrogen-bond donors (Lipinski definition) is 1. The minimum Gasteiger partial charge on any atom is -0.378 e. The van der Waals surface area contributed by atoms with Gasteiger partial charge in [0.2, 0.25) is 0 Å². The highest BCUT2D eigenvalue weighted by molar-refractivity contribution is 4.96. The number of rotatable bonds is 4. The second-order valence-electron chi connectivity index (χ2n) is 5.51. The van der Waals surface area contributed by atoms with Gasteiger partial charge in [-0.25, -0.2) is 0 Å². The molecule has 1 heterocycles. The summed E-state index contributed by atoms with van der Waals surface area (Å²) in [6, 6.07) is 0.782. The molecule has 0 radical (unpaired) electrons. The Morgan fingerprint density at radius 1 is 1.38 bits per heavy atom. The first-order chi connectivity index (χ1) is 7.67. The Labute approximate surface area is 99.5 Å². The third kappa shape index (κ3) is 2.58. The smallest absolute Gasteiger partial charge is 0.0604 e. The summed E-state index contributed by atoms with van der Waals surface area (Å²) in [6.07, 6.45) is 4.24. The summed E-state index contributed by atoms with van der Waals surface area (Å²) in [6.45, 7) is 11.1. The molecule has 2 fully saturated rings. The van der Waals surface area contributed by atoms with Crippen molar-refractivity contribution in [1.82, 2.24) is 10.2 Å². The molecule has 1 atom stereocenters. The van der Waals surface area contributed by atoms with Crippen molar-refractivity contribution >= 4 is 0 Å². The average Bonchev–Trinajstić information content (AvgIpc) is 2.23. The minimum absolute atomic E-state index is 0.328. The van der Waals surface area contributed by atoms with Crippen molar-refractivity contribution < 1.29 is 4.74 Å². The molecular weight excluding hydrogens is 200 g/mol. The van der Waals surface area contributed by atoms with E-state index >= 15 is 0 Å². The lowest BCUT2D eigenvalue weighted by molar-refractivity contribution is -0.0581. The highest BCUT2D eigenvalue weighted by atomic mass is 16.5. The quantitative estimate of drug-likeness (QED) is 0.788. The molecule has 1 saturated heterocycles. The maximum Gasteiger partial charge on any atom is 0.0604 e. The van der Waals surface area contributed by atoms with E-state index in [1.54, 1.807) is 0 Å². The van der Waals surface area contributed by atoms with E-state index < -0.39 is 0 Å². The fourth-order valence-corrected chi connectivity index (χ4v) is 2.84. The molecule has 0 aromatic heterocycles. The van der Waals surface area contributed by atoms with Crippen molar-refractivity contribution in [3.05, 3.63) is 0 Å². The molecule has 0 spiro atoms. The van der Waals surface area contributed by atoms with Gasteiger partial charge in [0.05, 0.1) is 6.10 Å². The van der Waals surface area contributed by atoms with Crippen LogP contribution in [0.5, 0.6) is 0 Å². The van der Waals surface area contributed by atoms with Gasteiger partial charge in [-0.15, -0.1) is 0 Å². The summed E-state index contributed by atoms with van der Waals surface area (Å²) >= 11 is 0. The maximum absolute atomic E-state index is 5.63. The summed E-state index contributed by atoms with van der Waals surface area (Å²) in [7, 11) is 0. The summed E-state index contributed by atoms with van der Waals surface area (Å²) in [5, 5.41) is 3.64. The first-order valence-electron chi connectivity index (χ1n) is 6.77. The zero-order chi connectivity index (χ0) is 11.6. The molecule has 0 aromatic carbocycles. The third-order valence-electron chi connectivity index (χ3n) is 4.27. The molecule has 2 aliphatic rings. The lowest BCUT2D eigenvalue weighted by atomic mass is 9.85. The van der Waals surface area contributed by atoms with Crippen LogP contribution >= 0.6 is 0 Å². The Kier molecular flexibility index (Phi) is 3.88. The monoisotopic (exact) mass is 226 g/mol. The van der Waals surface area contributed by atoms with Crippen molar-refractivity contribution in [3.8, 4) is 0 Å². The van der Waals surface area contributed by atoms with Gasteiger partial charge in [-0.2, -0.15) is 0 Å². The Bertz CT molecular complexity index is 228. The van der Waals surface area contributed by atoms with Crippen LogP contribution in [0.15, 0.2) is 0 Å². The van der Waals surface area contributed by atoms with E-state index in [9.17, 15) is 0 Å². The fourth-order valence-electron chi connectivity index (χ4n) is 2.84. The SMILES string of the molecule is CCOC1CC(N2CCNC(C)(CC)C2)C1. The molecule has 0 bridgehead atoms. The van der Waals surface area contributed by atoms with E-state index in [4.69, 9.17) is 4.74 Å². The molecule has 2 rings (SSSR count). The zero-order valence-electron chi connectivity index (χ0n) is 11.0. The lowest BCUT2D eigenvalue weighted by Gasteiger charge is -2.49. The van der Waals surface area contributed by atoms with Crippen molar-refractivity contribution in [2.24, 2.45) is 0 Å². The van der Waals surface area contributed by atoms with E-state index in [0.29, 0.717) is 11.6 Å². The first-order valence-corrected chi connectivity index (χ1v) is 6.77. The molecule has 0 aromatic rings. The van der Waals surface area contributed by atoms with Crippen molar-refractivity contribution in [3.63, 3.8) is 0 Å². The highest BCUT2D eigenvalue weighted by Crippen LogP contribution is 2.30. The van der Waals surface area contributed by atoms with E-state index in [1.807, 2.05) is 0 Å². The maximum atomic E-state index is 5.63. The zero-order valence-corrected chi connectivity index (χ0v) is 11.0. The van der Waals surface area contributed by atoms with Crippen LogP contribution in [0.4, 0.5) is 0 Å². The van der Waals surface area contributed by atoms with Crippen LogP contribution in [0, 0.1) is 0 Å². The van der Waals surface area contributed by atoms with E-state index in [1.165, 1.54) is 32.4 Å². The van der Waals surface area contributed by atoms with E-state index in [-0.39, 0.29) is 0 Å².